The molecule has 0 bridgehead atoms. The first-order valence-corrected chi connectivity index (χ1v) is 6.27. The number of rotatable bonds is 6. The highest BCUT2D eigenvalue weighted by Crippen LogP contribution is 2.26. The molecule has 0 fully saturated rings. The summed E-state index contributed by atoms with van der Waals surface area (Å²) in [5.41, 5.74) is 0.772. The lowest BCUT2D eigenvalue weighted by Gasteiger charge is -2.11. The van der Waals surface area contributed by atoms with E-state index >= 15 is 0 Å². The average molecular weight is 271 g/mol. The van der Waals surface area contributed by atoms with Crippen molar-refractivity contribution in [1.82, 2.24) is 5.32 Å². The summed E-state index contributed by atoms with van der Waals surface area (Å²) in [4.78, 5) is 11.4. The molecule has 0 unspecified atom stereocenters. The van der Waals surface area contributed by atoms with E-state index in [9.17, 15) is 4.79 Å². The molecule has 0 aliphatic rings. The van der Waals surface area contributed by atoms with Crippen LogP contribution in [-0.2, 0) is 4.79 Å². The third-order valence-electron chi connectivity index (χ3n) is 2.29. The van der Waals surface area contributed by atoms with Gasteiger partial charge in [-0.15, -0.1) is 0 Å². The van der Waals surface area contributed by atoms with Crippen LogP contribution in [0.25, 0.3) is 0 Å². The van der Waals surface area contributed by atoms with E-state index in [1.807, 2.05) is 19.9 Å². The number of hydrogen-bond acceptors (Lipinski definition) is 3. The van der Waals surface area contributed by atoms with Crippen LogP contribution in [0.15, 0.2) is 18.2 Å². The first kappa shape index (κ1) is 14.6. The number of benzene rings is 1. The molecule has 0 aliphatic heterocycles. The first-order chi connectivity index (χ1) is 8.52. The lowest BCUT2D eigenvalue weighted by atomic mass is 10.3. The second-order valence-electron chi connectivity index (χ2n) is 4.24. The largest absolute Gasteiger partial charge is 0.497 e. The Labute approximate surface area is 113 Å². The van der Waals surface area contributed by atoms with Crippen LogP contribution in [0.4, 0.5) is 5.69 Å². The Kier molecular flexibility index (Phi) is 5.78. The molecule has 0 aromatic heterocycles. The highest BCUT2D eigenvalue weighted by atomic mass is 35.5. The number of halogens is 1. The van der Waals surface area contributed by atoms with Gasteiger partial charge in [-0.25, -0.2) is 0 Å². The standard InChI is InChI=1S/C13H19ClN2O2/c1-9(2)16-13(17)6-7-15-12-8-10(18-3)4-5-11(12)14/h4-5,8-9,15H,6-7H2,1-3H3,(H,16,17). The molecule has 1 aromatic rings. The Hall–Kier alpha value is -1.42. The van der Waals surface area contributed by atoms with Gasteiger partial charge in [0.25, 0.3) is 0 Å². The highest BCUT2D eigenvalue weighted by molar-refractivity contribution is 6.33. The number of methoxy groups -OCH3 is 1. The minimum Gasteiger partial charge on any atom is -0.497 e. The molecule has 18 heavy (non-hydrogen) atoms. The maximum Gasteiger partial charge on any atom is 0.221 e. The maximum atomic E-state index is 11.4. The SMILES string of the molecule is COc1ccc(Cl)c(NCCC(=O)NC(C)C)c1. The topological polar surface area (TPSA) is 50.4 Å². The summed E-state index contributed by atoms with van der Waals surface area (Å²) in [5, 5.41) is 6.56. The summed E-state index contributed by atoms with van der Waals surface area (Å²) in [6.07, 6.45) is 0.408. The van der Waals surface area contributed by atoms with Crippen LogP contribution in [0, 0.1) is 0 Å². The van der Waals surface area contributed by atoms with Crippen molar-refractivity contribution in [3.05, 3.63) is 23.2 Å². The van der Waals surface area contributed by atoms with Crippen molar-refractivity contribution in [1.29, 1.82) is 0 Å². The quantitative estimate of drug-likeness (QED) is 0.836. The fourth-order valence-corrected chi connectivity index (χ4v) is 1.66. The van der Waals surface area contributed by atoms with Crippen LogP contribution < -0.4 is 15.4 Å². The molecule has 0 aliphatic carbocycles. The van der Waals surface area contributed by atoms with Crippen molar-refractivity contribution in [3.63, 3.8) is 0 Å². The van der Waals surface area contributed by atoms with E-state index in [0.717, 1.165) is 11.4 Å². The van der Waals surface area contributed by atoms with Crippen molar-refractivity contribution < 1.29 is 9.53 Å². The number of nitrogens with one attached hydrogen (secondary N) is 2. The summed E-state index contributed by atoms with van der Waals surface area (Å²) >= 11 is 6.03. The van der Waals surface area contributed by atoms with Gasteiger partial charge in [-0.3, -0.25) is 4.79 Å². The summed E-state index contributed by atoms with van der Waals surface area (Å²) in [7, 11) is 1.60. The zero-order valence-corrected chi connectivity index (χ0v) is 11.7. The van der Waals surface area contributed by atoms with Gasteiger partial charge in [-0.05, 0) is 26.0 Å². The fourth-order valence-electron chi connectivity index (χ4n) is 1.47. The lowest BCUT2D eigenvalue weighted by molar-refractivity contribution is -0.121. The van der Waals surface area contributed by atoms with Crippen LogP contribution in [-0.4, -0.2) is 25.6 Å². The predicted molar refractivity (Wildman–Crippen MR) is 74.4 cm³/mol. The van der Waals surface area contributed by atoms with Crippen LogP contribution in [0.2, 0.25) is 5.02 Å². The molecule has 0 saturated carbocycles. The van der Waals surface area contributed by atoms with E-state index in [2.05, 4.69) is 10.6 Å². The van der Waals surface area contributed by atoms with Gasteiger partial charge in [0, 0.05) is 25.1 Å². The van der Waals surface area contributed by atoms with E-state index in [0.29, 0.717) is 18.0 Å². The molecule has 0 heterocycles. The Morgan fingerprint density at radius 1 is 1.44 bits per heavy atom. The average Bonchev–Trinajstić information content (AvgIpc) is 2.30. The van der Waals surface area contributed by atoms with Crippen molar-refractivity contribution in [2.24, 2.45) is 0 Å². The zero-order valence-electron chi connectivity index (χ0n) is 10.9. The fraction of sp³-hybridized carbons (Fsp3) is 0.462. The minimum absolute atomic E-state index is 0.0246. The van der Waals surface area contributed by atoms with Crippen molar-refractivity contribution >= 4 is 23.2 Å². The summed E-state index contributed by atoms with van der Waals surface area (Å²) in [6, 6.07) is 5.52. The smallest absolute Gasteiger partial charge is 0.221 e. The van der Waals surface area contributed by atoms with E-state index in [1.54, 1.807) is 19.2 Å². The second kappa shape index (κ2) is 7.11. The molecule has 2 N–H and O–H groups in total. The van der Waals surface area contributed by atoms with Gasteiger partial charge in [0.15, 0.2) is 0 Å². The van der Waals surface area contributed by atoms with E-state index in [4.69, 9.17) is 16.3 Å². The van der Waals surface area contributed by atoms with Crippen LogP contribution in [0.1, 0.15) is 20.3 Å². The van der Waals surface area contributed by atoms with Gasteiger partial charge in [0.05, 0.1) is 17.8 Å². The summed E-state index contributed by atoms with van der Waals surface area (Å²) < 4.78 is 5.11. The monoisotopic (exact) mass is 270 g/mol. The van der Waals surface area contributed by atoms with Gasteiger partial charge in [-0.1, -0.05) is 11.6 Å². The van der Waals surface area contributed by atoms with Crippen molar-refractivity contribution in [2.45, 2.75) is 26.3 Å². The van der Waals surface area contributed by atoms with Gasteiger partial charge in [-0.2, -0.15) is 0 Å². The van der Waals surface area contributed by atoms with Crippen LogP contribution in [0.3, 0.4) is 0 Å². The van der Waals surface area contributed by atoms with Gasteiger partial charge in [0.1, 0.15) is 5.75 Å². The predicted octanol–water partition coefficient (Wildman–Crippen LogP) is 2.68. The molecule has 0 radical (unpaired) electrons. The van der Waals surface area contributed by atoms with E-state index in [-0.39, 0.29) is 11.9 Å². The third-order valence-corrected chi connectivity index (χ3v) is 2.62. The Bertz CT molecular complexity index is 408. The van der Waals surface area contributed by atoms with Crippen molar-refractivity contribution in [2.75, 3.05) is 19.0 Å². The maximum absolute atomic E-state index is 11.4. The van der Waals surface area contributed by atoms with Crippen LogP contribution >= 0.6 is 11.6 Å². The summed E-state index contributed by atoms with van der Waals surface area (Å²) in [5.74, 6) is 0.755. The number of amides is 1. The lowest BCUT2D eigenvalue weighted by Crippen LogP contribution is -2.31. The van der Waals surface area contributed by atoms with E-state index < -0.39 is 0 Å². The van der Waals surface area contributed by atoms with Crippen molar-refractivity contribution in [3.8, 4) is 5.75 Å². The normalized spacial score (nSPS) is 10.3. The molecule has 100 valence electrons. The number of anilines is 1. The molecule has 1 rings (SSSR count). The Morgan fingerprint density at radius 2 is 2.17 bits per heavy atom. The molecule has 0 atom stereocenters. The molecule has 1 amide bonds. The number of ether oxygens (including phenoxy) is 1. The zero-order chi connectivity index (χ0) is 13.5. The van der Waals surface area contributed by atoms with Crippen LogP contribution in [0.5, 0.6) is 5.75 Å². The molecular formula is C13H19ClN2O2. The number of hydrogen-bond donors (Lipinski definition) is 2. The molecule has 0 saturated heterocycles. The highest BCUT2D eigenvalue weighted by Gasteiger charge is 2.05. The molecule has 4 nitrogen and oxygen atoms in total. The molecule has 0 spiro atoms. The van der Waals surface area contributed by atoms with E-state index in [1.165, 1.54) is 0 Å². The van der Waals surface area contributed by atoms with Gasteiger partial charge < -0.3 is 15.4 Å². The molecular weight excluding hydrogens is 252 g/mol. The van der Waals surface area contributed by atoms with Gasteiger partial charge in [0.2, 0.25) is 5.91 Å². The number of carbonyl (C=O) groups excluding carboxylic acids is 1. The Morgan fingerprint density at radius 3 is 2.78 bits per heavy atom. The second-order valence-corrected chi connectivity index (χ2v) is 4.65. The first-order valence-electron chi connectivity index (χ1n) is 5.89. The molecule has 5 heteroatoms. The summed E-state index contributed by atoms with van der Waals surface area (Å²) in [6.45, 7) is 4.40. The Balaban J connectivity index is 2.46. The minimum atomic E-state index is 0.0246. The third kappa shape index (κ3) is 4.84. The number of carbonyl (C=O) groups is 1. The van der Waals surface area contributed by atoms with Gasteiger partial charge >= 0.3 is 0 Å². The molecule has 1 aromatic carbocycles.